The highest BCUT2D eigenvalue weighted by Crippen LogP contribution is 2.52. The van der Waals surface area contributed by atoms with Crippen molar-refractivity contribution in [2.24, 2.45) is 5.14 Å². The van der Waals surface area contributed by atoms with Crippen molar-refractivity contribution in [2.75, 3.05) is 6.26 Å². The van der Waals surface area contributed by atoms with Crippen molar-refractivity contribution >= 4 is 34.0 Å². The second-order valence-electron chi connectivity index (χ2n) is 3.67. The van der Waals surface area contributed by atoms with Crippen molar-refractivity contribution in [1.29, 1.82) is 0 Å². The molecule has 0 aromatic carbocycles. The molecule has 19 heavy (non-hydrogen) atoms. The van der Waals surface area contributed by atoms with E-state index in [1.54, 1.807) is 12.3 Å². The quantitative estimate of drug-likeness (QED) is 0.691. The van der Waals surface area contributed by atoms with Gasteiger partial charge in [0.1, 0.15) is 11.4 Å². The second kappa shape index (κ2) is 6.04. The maximum Gasteiger partial charge on any atom is 0.122 e. The molecule has 2 aromatic heterocycles. The van der Waals surface area contributed by atoms with Crippen LogP contribution in [0.1, 0.15) is 5.69 Å². The molecule has 2 rings (SSSR count). The predicted octanol–water partition coefficient (Wildman–Crippen LogP) is 3.37. The summed E-state index contributed by atoms with van der Waals surface area (Å²) in [5.41, 5.74) is 0.451. The molecule has 8 heteroatoms. The average molecular weight is 319 g/mol. The molecule has 0 radical (unpaired) electrons. The number of pyridine rings is 1. The van der Waals surface area contributed by atoms with Crippen LogP contribution in [-0.4, -0.2) is 21.2 Å². The van der Waals surface area contributed by atoms with Crippen LogP contribution in [0.25, 0.3) is 0 Å². The van der Waals surface area contributed by atoms with Gasteiger partial charge in [-0.3, -0.25) is 10.1 Å². The third-order valence-corrected chi connectivity index (χ3v) is 5.34. The Labute approximate surface area is 121 Å². The number of thioether (sulfide) groups is 1. The van der Waals surface area contributed by atoms with Gasteiger partial charge in [-0.2, -0.15) is 3.89 Å². The molecule has 0 aliphatic rings. The second-order valence-corrected chi connectivity index (χ2v) is 7.01. The summed E-state index contributed by atoms with van der Waals surface area (Å²) in [6.07, 6.45) is 6.23. The molecule has 1 atom stereocenters. The molecule has 0 amide bonds. The van der Waals surface area contributed by atoms with E-state index in [9.17, 15) is 3.89 Å². The normalized spacial score (nSPS) is 15.8. The zero-order valence-corrected chi connectivity index (χ0v) is 12.5. The van der Waals surface area contributed by atoms with Crippen molar-refractivity contribution in [3.8, 4) is 0 Å². The van der Waals surface area contributed by atoms with Gasteiger partial charge in [-0.1, -0.05) is 11.6 Å². The summed E-state index contributed by atoms with van der Waals surface area (Å²) in [6.45, 7) is 0. The molecule has 0 aliphatic heterocycles. The van der Waals surface area contributed by atoms with E-state index < -0.39 is 10.6 Å². The Morgan fingerprint density at radius 1 is 1.37 bits per heavy atom. The minimum Gasteiger partial charge on any atom is -0.265 e. The first kappa shape index (κ1) is 14.5. The average Bonchev–Trinajstić information content (AvgIpc) is 2.42. The Bertz CT molecular complexity index is 568. The molecule has 2 N–H and O–H groups in total. The van der Waals surface area contributed by atoms with Crippen LogP contribution in [0.5, 0.6) is 0 Å². The van der Waals surface area contributed by atoms with Crippen LogP contribution in [0, 0.1) is 0 Å². The third-order valence-electron chi connectivity index (χ3n) is 2.40. The lowest BCUT2D eigenvalue weighted by atomic mass is 10.4. The van der Waals surface area contributed by atoms with Crippen molar-refractivity contribution in [1.82, 2.24) is 15.0 Å². The number of hydrogen-bond donors (Lipinski definition) is 1. The van der Waals surface area contributed by atoms with Crippen molar-refractivity contribution < 1.29 is 3.89 Å². The smallest absolute Gasteiger partial charge is 0.122 e. The summed E-state index contributed by atoms with van der Waals surface area (Å²) in [5.74, 6) is -0.0583. The van der Waals surface area contributed by atoms with E-state index in [4.69, 9.17) is 16.7 Å². The first-order chi connectivity index (χ1) is 9.04. The van der Waals surface area contributed by atoms with E-state index in [1.807, 2.05) is 6.26 Å². The maximum atomic E-state index is 14.6. The van der Waals surface area contributed by atoms with Crippen molar-refractivity contribution in [2.45, 2.75) is 15.7 Å². The largest absolute Gasteiger partial charge is 0.265 e. The SMILES string of the molecule is CSc1ccnc(CS(N)(F)c2ccncn2)c1Cl. The Hall–Kier alpha value is -0.890. The van der Waals surface area contributed by atoms with Gasteiger partial charge in [-0.25, -0.2) is 9.97 Å². The Morgan fingerprint density at radius 2 is 2.16 bits per heavy atom. The highest BCUT2D eigenvalue weighted by molar-refractivity contribution is 8.27. The topological polar surface area (TPSA) is 64.7 Å². The lowest BCUT2D eigenvalue weighted by Crippen LogP contribution is -2.11. The predicted molar refractivity (Wildman–Crippen MR) is 77.9 cm³/mol. The number of nitrogens with zero attached hydrogens (tertiary/aromatic N) is 3. The molecule has 2 aromatic rings. The van der Waals surface area contributed by atoms with Gasteiger partial charge in [0.25, 0.3) is 0 Å². The van der Waals surface area contributed by atoms with Crippen molar-refractivity contribution in [3.63, 3.8) is 0 Å². The van der Waals surface area contributed by atoms with Crippen LogP contribution in [0.15, 0.2) is 40.8 Å². The lowest BCUT2D eigenvalue weighted by molar-refractivity contribution is 0.847. The van der Waals surface area contributed by atoms with Gasteiger partial charge in [0, 0.05) is 27.9 Å². The molecule has 0 saturated carbocycles. The number of rotatable bonds is 4. The van der Waals surface area contributed by atoms with Crippen LogP contribution in [0.4, 0.5) is 3.89 Å². The molecule has 0 aliphatic carbocycles. The van der Waals surface area contributed by atoms with Crippen LogP contribution in [-0.2, 0) is 5.75 Å². The highest BCUT2D eigenvalue weighted by Gasteiger charge is 2.25. The molecule has 102 valence electrons. The standard InChI is InChI=1S/C11H12ClFN4S2/c1-18-9-2-5-16-8(11(9)12)6-19(13,14)10-3-4-15-7-17-10/h2-5,7H,6,14H2,1H3. The fourth-order valence-electron chi connectivity index (χ4n) is 1.48. The number of halogens is 2. The maximum absolute atomic E-state index is 14.6. The van der Waals surface area contributed by atoms with Gasteiger partial charge in [-0.15, -0.1) is 11.8 Å². The fraction of sp³-hybridized carbons (Fsp3) is 0.182. The summed E-state index contributed by atoms with van der Waals surface area (Å²) in [4.78, 5) is 12.6. The van der Waals surface area contributed by atoms with E-state index in [0.717, 1.165) is 4.90 Å². The van der Waals surface area contributed by atoms with E-state index >= 15 is 0 Å². The van der Waals surface area contributed by atoms with Gasteiger partial charge in [0.05, 0.1) is 16.5 Å². The molecular formula is C11H12ClFN4S2. The van der Waals surface area contributed by atoms with E-state index in [2.05, 4.69) is 15.0 Å². The molecule has 0 saturated heterocycles. The summed E-state index contributed by atoms with van der Waals surface area (Å²) >= 11 is 7.66. The zero-order valence-electron chi connectivity index (χ0n) is 10.1. The first-order valence-corrected chi connectivity index (χ1v) is 8.63. The van der Waals surface area contributed by atoms with Crippen LogP contribution in [0.2, 0.25) is 5.02 Å². The lowest BCUT2D eigenvalue weighted by Gasteiger charge is -2.24. The van der Waals surface area contributed by atoms with E-state index in [1.165, 1.54) is 30.4 Å². The van der Waals surface area contributed by atoms with Crippen LogP contribution >= 0.6 is 34.0 Å². The molecule has 4 nitrogen and oxygen atoms in total. The summed E-state index contributed by atoms with van der Waals surface area (Å²) in [6, 6.07) is 3.26. The highest BCUT2D eigenvalue weighted by atomic mass is 35.5. The molecule has 2 heterocycles. The van der Waals surface area contributed by atoms with Gasteiger partial charge < -0.3 is 0 Å². The van der Waals surface area contributed by atoms with Gasteiger partial charge in [0.15, 0.2) is 0 Å². The Balaban J connectivity index is 2.31. The number of hydrogen-bond acceptors (Lipinski definition) is 5. The summed E-state index contributed by atoms with van der Waals surface area (Å²) in [5, 5.41) is 6.39. The summed E-state index contributed by atoms with van der Waals surface area (Å²) < 4.78 is 14.6. The molecule has 1 unspecified atom stereocenters. The summed E-state index contributed by atoms with van der Waals surface area (Å²) in [7, 11) is -3.07. The van der Waals surface area contributed by atoms with Gasteiger partial charge in [0.2, 0.25) is 0 Å². The van der Waals surface area contributed by atoms with Gasteiger partial charge >= 0.3 is 0 Å². The van der Waals surface area contributed by atoms with Crippen molar-refractivity contribution in [3.05, 3.63) is 41.6 Å². The number of aromatic nitrogens is 3. The fourth-order valence-corrected chi connectivity index (χ4v) is 3.73. The molecular weight excluding hydrogens is 307 g/mol. The number of nitrogens with two attached hydrogens (primary N) is 1. The Kier molecular flexibility index (Phi) is 4.62. The van der Waals surface area contributed by atoms with E-state index in [0.29, 0.717) is 10.7 Å². The Morgan fingerprint density at radius 3 is 2.79 bits per heavy atom. The third kappa shape index (κ3) is 3.36. The molecule has 0 bridgehead atoms. The minimum atomic E-state index is -3.07. The first-order valence-electron chi connectivity index (χ1n) is 5.26. The van der Waals surface area contributed by atoms with Crippen LogP contribution in [0.3, 0.4) is 0 Å². The van der Waals surface area contributed by atoms with Crippen LogP contribution < -0.4 is 5.14 Å². The minimum absolute atomic E-state index is 0.0583. The zero-order chi connectivity index (χ0) is 13.9. The van der Waals surface area contributed by atoms with Gasteiger partial charge in [-0.05, 0) is 18.4 Å². The van der Waals surface area contributed by atoms with E-state index in [-0.39, 0.29) is 10.8 Å². The molecule has 0 spiro atoms. The molecule has 0 fully saturated rings. The monoisotopic (exact) mass is 318 g/mol.